The molecule has 0 spiro atoms. The molecule has 3 rings (SSSR count). The Labute approximate surface area is 150 Å². The van der Waals surface area contributed by atoms with Gasteiger partial charge in [0.15, 0.2) is 6.61 Å². The fraction of sp³-hybridized carbons (Fsp3) is 0.611. The summed E-state index contributed by atoms with van der Waals surface area (Å²) >= 11 is 0. The second kappa shape index (κ2) is 8.16. The summed E-state index contributed by atoms with van der Waals surface area (Å²) in [7, 11) is 0. The van der Waals surface area contributed by atoms with Crippen molar-refractivity contribution in [1.82, 2.24) is 9.80 Å². The second-order valence-corrected chi connectivity index (χ2v) is 6.66. The molecule has 1 saturated carbocycles. The molecule has 5 nitrogen and oxygen atoms in total. The number of hydrogen-bond donors (Lipinski definition) is 0. The summed E-state index contributed by atoms with van der Waals surface area (Å²) in [5, 5.41) is 0. The zero-order chi connectivity index (χ0) is 18.6. The van der Waals surface area contributed by atoms with Crippen LogP contribution in [0.5, 0.6) is 11.5 Å². The van der Waals surface area contributed by atoms with Gasteiger partial charge in [-0.3, -0.25) is 9.69 Å². The van der Waals surface area contributed by atoms with E-state index in [1.54, 1.807) is 4.90 Å². The van der Waals surface area contributed by atoms with Crippen LogP contribution in [-0.2, 0) is 4.79 Å². The largest absolute Gasteiger partial charge is 0.573 e. The van der Waals surface area contributed by atoms with Gasteiger partial charge in [-0.1, -0.05) is 12.8 Å². The molecule has 144 valence electrons. The van der Waals surface area contributed by atoms with E-state index in [-0.39, 0.29) is 18.3 Å². The van der Waals surface area contributed by atoms with Gasteiger partial charge >= 0.3 is 6.36 Å². The number of amides is 1. The Balaban J connectivity index is 1.41. The number of benzene rings is 1. The first-order chi connectivity index (χ1) is 12.4. The summed E-state index contributed by atoms with van der Waals surface area (Å²) in [5.74, 6) is -0.0941. The number of nitrogens with zero attached hydrogens (tertiary/aromatic N) is 2. The van der Waals surface area contributed by atoms with Crippen molar-refractivity contribution in [3.8, 4) is 11.5 Å². The van der Waals surface area contributed by atoms with Crippen LogP contribution in [0.1, 0.15) is 25.7 Å². The normalized spacial score (nSPS) is 19.6. The third kappa shape index (κ3) is 5.27. The fourth-order valence-corrected chi connectivity index (χ4v) is 3.58. The maximum absolute atomic E-state index is 12.3. The lowest BCUT2D eigenvalue weighted by atomic mass is 10.2. The number of carbonyl (C=O) groups excluding carboxylic acids is 1. The molecule has 1 aliphatic carbocycles. The minimum absolute atomic E-state index is 0.105. The SMILES string of the molecule is O=C(COc1ccc(OC(F)(F)F)cc1)N1CCN(C2CCCC2)CC1. The van der Waals surface area contributed by atoms with E-state index >= 15 is 0 Å². The highest BCUT2D eigenvalue weighted by Gasteiger charge is 2.31. The zero-order valence-corrected chi connectivity index (χ0v) is 14.5. The van der Waals surface area contributed by atoms with Crippen LogP contribution in [0.25, 0.3) is 0 Å². The van der Waals surface area contributed by atoms with Gasteiger partial charge in [0.2, 0.25) is 0 Å². The van der Waals surface area contributed by atoms with Crippen LogP contribution in [0.2, 0.25) is 0 Å². The molecule has 1 aromatic rings. The van der Waals surface area contributed by atoms with Crippen molar-refractivity contribution in [3.63, 3.8) is 0 Å². The molecule has 0 aromatic heterocycles. The minimum Gasteiger partial charge on any atom is -0.484 e. The van der Waals surface area contributed by atoms with E-state index in [2.05, 4.69) is 9.64 Å². The Kier molecular flexibility index (Phi) is 5.90. The highest BCUT2D eigenvalue weighted by atomic mass is 19.4. The van der Waals surface area contributed by atoms with Gasteiger partial charge in [0.05, 0.1) is 0 Å². The van der Waals surface area contributed by atoms with Crippen LogP contribution >= 0.6 is 0 Å². The predicted octanol–water partition coefficient (Wildman–Crippen LogP) is 3.05. The maximum Gasteiger partial charge on any atom is 0.573 e. The Morgan fingerprint density at radius 1 is 1.00 bits per heavy atom. The average molecular weight is 372 g/mol. The standard InChI is InChI=1S/C18H23F3N2O3/c19-18(20,21)26-16-7-5-15(6-8-16)25-13-17(24)23-11-9-22(10-12-23)14-3-1-2-4-14/h5-8,14H,1-4,9-13H2. The van der Waals surface area contributed by atoms with E-state index in [1.807, 2.05) is 0 Å². The molecule has 1 aromatic carbocycles. The summed E-state index contributed by atoms with van der Waals surface area (Å²) in [6.45, 7) is 3.04. The van der Waals surface area contributed by atoms with Gasteiger partial charge in [-0.15, -0.1) is 13.2 Å². The molecular formula is C18H23F3N2O3. The summed E-state index contributed by atoms with van der Waals surface area (Å²) in [5.41, 5.74) is 0. The van der Waals surface area contributed by atoms with Gasteiger partial charge in [-0.2, -0.15) is 0 Å². The Morgan fingerprint density at radius 3 is 2.15 bits per heavy atom. The molecule has 0 atom stereocenters. The lowest BCUT2D eigenvalue weighted by Gasteiger charge is -2.38. The Bertz CT molecular complexity index is 593. The fourth-order valence-electron chi connectivity index (χ4n) is 3.58. The van der Waals surface area contributed by atoms with Crippen molar-refractivity contribution in [2.24, 2.45) is 0 Å². The van der Waals surface area contributed by atoms with Gasteiger partial charge in [-0.05, 0) is 37.1 Å². The molecule has 1 saturated heterocycles. The molecule has 1 amide bonds. The van der Waals surface area contributed by atoms with E-state index in [0.29, 0.717) is 24.9 Å². The monoisotopic (exact) mass is 372 g/mol. The highest BCUT2D eigenvalue weighted by molar-refractivity contribution is 5.77. The van der Waals surface area contributed by atoms with E-state index in [4.69, 9.17) is 4.74 Å². The Hall–Kier alpha value is -1.96. The topological polar surface area (TPSA) is 42.0 Å². The van der Waals surface area contributed by atoms with Crippen molar-refractivity contribution in [2.45, 2.75) is 38.1 Å². The number of halogens is 3. The van der Waals surface area contributed by atoms with Gasteiger partial charge in [0.25, 0.3) is 5.91 Å². The van der Waals surface area contributed by atoms with E-state index in [1.165, 1.54) is 37.8 Å². The van der Waals surface area contributed by atoms with Crippen LogP contribution in [0.4, 0.5) is 13.2 Å². The van der Waals surface area contributed by atoms with Crippen LogP contribution in [-0.4, -0.2) is 60.9 Å². The minimum atomic E-state index is -4.72. The summed E-state index contributed by atoms with van der Waals surface area (Å²) < 4.78 is 45.5. The van der Waals surface area contributed by atoms with Gasteiger partial charge in [0.1, 0.15) is 11.5 Å². The van der Waals surface area contributed by atoms with Crippen molar-refractivity contribution in [1.29, 1.82) is 0 Å². The molecular weight excluding hydrogens is 349 g/mol. The smallest absolute Gasteiger partial charge is 0.484 e. The van der Waals surface area contributed by atoms with Crippen LogP contribution in [0.3, 0.4) is 0 Å². The van der Waals surface area contributed by atoms with Gasteiger partial charge in [-0.25, -0.2) is 0 Å². The lowest BCUT2D eigenvalue weighted by molar-refractivity contribution is -0.274. The number of piperazine rings is 1. The number of hydrogen-bond acceptors (Lipinski definition) is 4. The molecule has 0 N–H and O–H groups in total. The van der Waals surface area contributed by atoms with Crippen molar-refractivity contribution in [2.75, 3.05) is 32.8 Å². The molecule has 0 unspecified atom stereocenters. The van der Waals surface area contributed by atoms with Gasteiger partial charge in [0, 0.05) is 32.2 Å². The third-order valence-electron chi connectivity index (χ3n) is 4.93. The predicted molar refractivity (Wildman–Crippen MR) is 89.0 cm³/mol. The maximum atomic E-state index is 12.3. The van der Waals surface area contributed by atoms with Crippen LogP contribution < -0.4 is 9.47 Å². The highest BCUT2D eigenvalue weighted by Crippen LogP contribution is 2.25. The first kappa shape index (κ1) is 18.8. The van der Waals surface area contributed by atoms with E-state index < -0.39 is 6.36 Å². The lowest BCUT2D eigenvalue weighted by Crippen LogP contribution is -2.52. The first-order valence-electron chi connectivity index (χ1n) is 8.91. The van der Waals surface area contributed by atoms with Gasteiger partial charge < -0.3 is 14.4 Å². The Morgan fingerprint density at radius 2 is 1.58 bits per heavy atom. The van der Waals surface area contributed by atoms with Crippen molar-refractivity contribution in [3.05, 3.63) is 24.3 Å². The van der Waals surface area contributed by atoms with Crippen molar-refractivity contribution >= 4 is 5.91 Å². The molecule has 26 heavy (non-hydrogen) atoms. The first-order valence-corrected chi connectivity index (χ1v) is 8.91. The average Bonchev–Trinajstić information content (AvgIpc) is 3.14. The van der Waals surface area contributed by atoms with E-state index in [0.717, 1.165) is 25.2 Å². The van der Waals surface area contributed by atoms with Crippen LogP contribution in [0, 0.1) is 0 Å². The molecule has 0 bridgehead atoms. The van der Waals surface area contributed by atoms with Crippen molar-refractivity contribution < 1.29 is 27.4 Å². The number of carbonyl (C=O) groups is 1. The molecule has 0 radical (unpaired) electrons. The quantitative estimate of drug-likeness (QED) is 0.797. The molecule has 1 aliphatic heterocycles. The molecule has 2 aliphatic rings. The molecule has 2 fully saturated rings. The molecule has 1 heterocycles. The zero-order valence-electron chi connectivity index (χ0n) is 14.5. The third-order valence-corrected chi connectivity index (χ3v) is 4.93. The second-order valence-electron chi connectivity index (χ2n) is 6.66. The summed E-state index contributed by atoms with van der Waals surface area (Å²) in [6.07, 6.45) is 0.379. The number of ether oxygens (including phenoxy) is 2. The van der Waals surface area contributed by atoms with E-state index in [9.17, 15) is 18.0 Å². The number of alkyl halides is 3. The molecule has 8 heteroatoms. The number of rotatable bonds is 5. The van der Waals surface area contributed by atoms with Crippen LogP contribution in [0.15, 0.2) is 24.3 Å². The summed E-state index contributed by atoms with van der Waals surface area (Å²) in [4.78, 5) is 16.5. The summed E-state index contributed by atoms with van der Waals surface area (Å²) in [6, 6.07) is 5.70.